The van der Waals surface area contributed by atoms with E-state index < -0.39 is 0 Å². The molecule has 2 aromatic rings. The van der Waals surface area contributed by atoms with Crippen molar-refractivity contribution in [2.75, 3.05) is 38.1 Å². The van der Waals surface area contributed by atoms with Crippen molar-refractivity contribution in [3.63, 3.8) is 0 Å². The zero-order valence-corrected chi connectivity index (χ0v) is 12.0. The molecule has 7 nitrogen and oxygen atoms in total. The van der Waals surface area contributed by atoms with Crippen LogP contribution in [0.15, 0.2) is 6.20 Å². The van der Waals surface area contributed by atoms with E-state index in [0.29, 0.717) is 18.0 Å². The fourth-order valence-corrected chi connectivity index (χ4v) is 2.51. The van der Waals surface area contributed by atoms with Gasteiger partial charge in [-0.05, 0) is 18.1 Å². The van der Waals surface area contributed by atoms with Gasteiger partial charge in [0.25, 0.3) is 0 Å². The van der Waals surface area contributed by atoms with Crippen LogP contribution in [-0.2, 0) is 4.74 Å². The molecule has 1 atom stereocenters. The number of morpholine rings is 1. The highest BCUT2D eigenvalue weighted by Crippen LogP contribution is 2.20. The van der Waals surface area contributed by atoms with Crippen molar-refractivity contribution >= 4 is 28.5 Å². The number of likely N-dealkylation sites (N-methyl/N-ethyl adjacent to an activating group) is 1. The molecule has 1 aliphatic heterocycles. The van der Waals surface area contributed by atoms with Gasteiger partial charge in [0.2, 0.25) is 5.28 Å². The number of aromatic amines is 1. The number of nitrogens with zero attached hydrogens (tertiary/aromatic N) is 4. The molecule has 108 valence electrons. The van der Waals surface area contributed by atoms with Crippen molar-refractivity contribution in [3.05, 3.63) is 11.5 Å². The molecule has 1 saturated heterocycles. The van der Waals surface area contributed by atoms with Crippen LogP contribution in [-0.4, -0.2) is 64.0 Å². The van der Waals surface area contributed by atoms with E-state index in [1.165, 1.54) is 0 Å². The van der Waals surface area contributed by atoms with Crippen LogP contribution in [0.2, 0.25) is 5.28 Å². The van der Waals surface area contributed by atoms with E-state index in [1.807, 2.05) is 0 Å². The van der Waals surface area contributed by atoms with Gasteiger partial charge in [-0.3, -0.25) is 10.00 Å². The summed E-state index contributed by atoms with van der Waals surface area (Å²) in [6.07, 6.45) is 1.84. The lowest BCUT2D eigenvalue weighted by atomic mass is 10.2. The molecule has 3 heterocycles. The highest BCUT2D eigenvalue weighted by molar-refractivity contribution is 6.28. The molecule has 2 aromatic heterocycles. The van der Waals surface area contributed by atoms with Crippen molar-refractivity contribution in [2.24, 2.45) is 0 Å². The van der Waals surface area contributed by atoms with Crippen molar-refractivity contribution in [2.45, 2.75) is 13.0 Å². The number of hydrogen-bond acceptors (Lipinski definition) is 6. The Bertz CT molecular complexity index is 588. The minimum Gasteiger partial charge on any atom is -0.374 e. The smallest absolute Gasteiger partial charge is 0.226 e. The van der Waals surface area contributed by atoms with E-state index in [2.05, 4.69) is 37.3 Å². The molecule has 20 heavy (non-hydrogen) atoms. The molecule has 0 aromatic carbocycles. The molecule has 0 amide bonds. The van der Waals surface area contributed by atoms with E-state index in [9.17, 15) is 0 Å². The number of ether oxygens (including phenoxy) is 1. The third-order valence-corrected chi connectivity index (χ3v) is 3.62. The highest BCUT2D eigenvalue weighted by Gasteiger charge is 2.19. The van der Waals surface area contributed by atoms with E-state index in [-0.39, 0.29) is 11.4 Å². The number of anilines is 1. The summed E-state index contributed by atoms with van der Waals surface area (Å²) >= 11 is 5.90. The Morgan fingerprint density at radius 3 is 3.30 bits per heavy atom. The molecule has 3 rings (SSSR count). The molecule has 8 heteroatoms. The molecular weight excluding hydrogens is 280 g/mol. The van der Waals surface area contributed by atoms with Gasteiger partial charge in [0.15, 0.2) is 5.65 Å². The lowest BCUT2D eigenvalue weighted by Gasteiger charge is -2.32. The Morgan fingerprint density at radius 2 is 2.45 bits per heavy atom. The summed E-state index contributed by atoms with van der Waals surface area (Å²) < 4.78 is 5.75. The topological polar surface area (TPSA) is 79.0 Å². The van der Waals surface area contributed by atoms with Crippen molar-refractivity contribution in [1.29, 1.82) is 0 Å². The molecule has 1 aliphatic rings. The zero-order chi connectivity index (χ0) is 13.9. The minimum atomic E-state index is 0.152. The Labute approximate surface area is 121 Å². The molecule has 0 spiro atoms. The van der Waals surface area contributed by atoms with Crippen LogP contribution in [0, 0.1) is 0 Å². The van der Waals surface area contributed by atoms with Crippen molar-refractivity contribution in [1.82, 2.24) is 25.1 Å². The minimum absolute atomic E-state index is 0.152. The summed E-state index contributed by atoms with van der Waals surface area (Å²) in [4.78, 5) is 10.7. The molecular formula is C12H17ClN6O. The summed E-state index contributed by atoms with van der Waals surface area (Å²) in [5.74, 6) is 0.686. The second-order valence-electron chi connectivity index (χ2n) is 4.74. The predicted octanol–water partition coefficient (Wildman–Crippen LogP) is 1.14. The molecule has 0 aliphatic carbocycles. The summed E-state index contributed by atoms with van der Waals surface area (Å²) in [6, 6.07) is 0. The molecule has 0 saturated carbocycles. The first-order valence-electron chi connectivity index (χ1n) is 6.70. The van der Waals surface area contributed by atoms with Crippen LogP contribution < -0.4 is 5.32 Å². The number of H-pyrrole nitrogens is 1. The quantitative estimate of drug-likeness (QED) is 0.824. The first kappa shape index (κ1) is 13.5. The third kappa shape index (κ3) is 2.84. The van der Waals surface area contributed by atoms with E-state index in [1.54, 1.807) is 6.20 Å². The monoisotopic (exact) mass is 296 g/mol. The van der Waals surface area contributed by atoms with Gasteiger partial charge in [0.05, 0.1) is 24.3 Å². The Hall–Kier alpha value is -1.44. The first-order chi connectivity index (χ1) is 9.76. The SMILES string of the molecule is CCN1CCOC(CNc2nc(Cl)nc3[nH]ncc23)C1. The van der Waals surface area contributed by atoms with Gasteiger partial charge in [0, 0.05) is 19.6 Å². The normalized spacial score (nSPS) is 20.4. The van der Waals surface area contributed by atoms with E-state index in [0.717, 1.165) is 31.6 Å². The van der Waals surface area contributed by atoms with Gasteiger partial charge in [-0.2, -0.15) is 15.1 Å². The first-order valence-corrected chi connectivity index (χ1v) is 7.08. The predicted molar refractivity (Wildman–Crippen MR) is 77.0 cm³/mol. The van der Waals surface area contributed by atoms with Gasteiger partial charge < -0.3 is 10.1 Å². The number of rotatable bonds is 4. The summed E-state index contributed by atoms with van der Waals surface area (Å²) in [5, 5.41) is 11.1. The fourth-order valence-electron chi connectivity index (χ4n) is 2.34. The van der Waals surface area contributed by atoms with Crippen LogP contribution in [0.4, 0.5) is 5.82 Å². The molecule has 2 N–H and O–H groups in total. The van der Waals surface area contributed by atoms with Crippen LogP contribution in [0.5, 0.6) is 0 Å². The number of aromatic nitrogens is 4. The Balaban J connectivity index is 1.69. The summed E-state index contributed by atoms with van der Waals surface area (Å²) in [5.41, 5.74) is 0.632. The van der Waals surface area contributed by atoms with Gasteiger partial charge in [-0.1, -0.05) is 6.92 Å². The van der Waals surface area contributed by atoms with E-state index >= 15 is 0 Å². The fraction of sp³-hybridized carbons (Fsp3) is 0.583. The maximum Gasteiger partial charge on any atom is 0.226 e. The third-order valence-electron chi connectivity index (χ3n) is 3.45. The van der Waals surface area contributed by atoms with Crippen LogP contribution in [0.25, 0.3) is 11.0 Å². The van der Waals surface area contributed by atoms with Gasteiger partial charge in [-0.15, -0.1) is 0 Å². The number of halogens is 1. The zero-order valence-electron chi connectivity index (χ0n) is 11.3. The van der Waals surface area contributed by atoms with Crippen LogP contribution >= 0.6 is 11.6 Å². The summed E-state index contributed by atoms with van der Waals surface area (Å²) in [7, 11) is 0. The molecule has 0 bridgehead atoms. The largest absolute Gasteiger partial charge is 0.374 e. The standard InChI is InChI=1S/C12H17ClN6O/c1-2-19-3-4-20-8(7-19)5-14-10-9-6-15-18-11(9)17-12(13)16-10/h6,8H,2-5,7H2,1H3,(H2,14,15,16,17,18). The second kappa shape index (κ2) is 5.90. The van der Waals surface area contributed by atoms with E-state index in [4.69, 9.17) is 16.3 Å². The van der Waals surface area contributed by atoms with Gasteiger partial charge >= 0.3 is 0 Å². The van der Waals surface area contributed by atoms with Gasteiger partial charge in [0.1, 0.15) is 5.82 Å². The van der Waals surface area contributed by atoms with Crippen molar-refractivity contribution in [3.8, 4) is 0 Å². The van der Waals surface area contributed by atoms with Gasteiger partial charge in [-0.25, -0.2) is 0 Å². The number of fused-ring (bicyclic) bond motifs is 1. The average molecular weight is 297 g/mol. The molecule has 1 unspecified atom stereocenters. The lowest BCUT2D eigenvalue weighted by molar-refractivity contribution is -0.0192. The Morgan fingerprint density at radius 1 is 1.55 bits per heavy atom. The van der Waals surface area contributed by atoms with Crippen LogP contribution in [0.3, 0.4) is 0 Å². The lowest BCUT2D eigenvalue weighted by Crippen LogP contribution is -2.45. The maximum atomic E-state index is 5.90. The average Bonchev–Trinajstić information content (AvgIpc) is 2.93. The molecule has 0 radical (unpaired) electrons. The summed E-state index contributed by atoms with van der Waals surface area (Å²) in [6.45, 7) is 6.59. The second-order valence-corrected chi connectivity index (χ2v) is 5.08. The number of nitrogens with one attached hydrogen (secondary N) is 2. The Kier molecular flexibility index (Phi) is 4.00. The maximum absolute atomic E-state index is 5.90. The van der Waals surface area contributed by atoms with Crippen molar-refractivity contribution < 1.29 is 4.74 Å². The van der Waals surface area contributed by atoms with Crippen LogP contribution in [0.1, 0.15) is 6.92 Å². The molecule has 1 fully saturated rings. The number of hydrogen-bond donors (Lipinski definition) is 2. The highest BCUT2D eigenvalue weighted by atomic mass is 35.5.